The van der Waals surface area contributed by atoms with E-state index in [-0.39, 0.29) is 0 Å². The van der Waals surface area contributed by atoms with Crippen molar-refractivity contribution in [1.82, 2.24) is 0 Å². The molecule has 15 heavy (non-hydrogen) atoms. The monoisotopic (exact) mass is 206 g/mol. The summed E-state index contributed by atoms with van der Waals surface area (Å²) in [6.07, 6.45) is 2.81. The molecule has 0 atom stereocenters. The van der Waals surface area contributed by atoms with Crippen molar-refractivity contribution in [2.24, 2.45) is 0 Å². The molecular formula is C14H22O. The summed E-state index contributed by atoms with van der Waals surface area (Å²) in [4.78, 5) is 0. The van der Waals surface area contributed by atoms with E-state index in [1.807, 2.05) is 19.9 Å². The maximum Gasteiger partial charge on any atom is 0.122 e. The van der Waals surface area contributed by atoms with Gasteiger partial charge in [0.05, 0.1) is 7.11 Å². The van der Waals surface area contributed by atoms with Crippen molar-refractivity contribution in [3.63, 3.8) is 0 Å². The number of hydrogen-bond acceptors (Lipinski definition) is 1. The van der Waals surface area contributed by atoms with E-state index in [0.717, 1.165) is 12.2 Å². The fourth-order valence-corrected chi connectivity index (χ4v) is 1.40. The first-order valence-electron chi connectivity index (χ1n) is 5.44. The van der Waals surface area contributed by atoms with E-state index < -0.39 is 0 Å². The smallest absolute Gasteiger partial charge is 0.122 e. The summed E-state index contributed by atoms with van der Waals surface area (Å²) in [6, 6.07) is 4.25. The number of methoxy groups -OCH3 is 1. The van der Waals surface area contributed by atoms with Crippen molar-refractivity contribution in [1.29, 1.82) is 0 Å². The summed E-state index contributed by atoms with van der Waals surface area (Å²) in [7, 11) is 1.71. The lowest BCUT2D eigenvalue weighted by atomic mass is 10.0. The molecule has 1 heteroatoms. The van der Waals surface area contributed by atoms with Crippen LogP contribution in [0.15, 0.2) is 24.8 Å². The Hall–Kier alpha value is -1.24. The van der Waals surface area contributed by atoms with Crippen molar-refractivity contribution in [3.05, 3.63) is 41.5 Å². The second kappa shape index (κ2) is 7.10. The fraction of sp³-hybridized carbons (Fsp3) is 0.429. The first kappa shape index (κ1) is 13.8. The quantitative estimate of drug-likeness (QED) is 0.677. The molecule has 1 aromatic rings. The highest BCUT2D eigenvalue weighted by atomic mass is 16.5. The second-order valence-electron chi connectivity index (χ2n) is 3.23. The number of allylic oxidation sites excluding steroid dienone is 1. The minimum absolute atomic E-state index is 0.900. The standard InChI is InChI=1S/C12H16O.C2H6/c1-5-6-11-7-9(2)10(3)12(8-11)13-4;1-2/h5,7-8H,1,6H2,2-4H3;1-2H3. The summed E-state index contributed by atoms with van der Waals surface area (Å²) in [5, 5.41) is 0. The SMILES string of the molecule is C=CCc1cc(C)c(C)c(OC)c1.CC. The van der Waals surface area contributed by atoms with Gasteiger partial charge in [0.15, 0.2) is 0 Å². The third-order valence-corrected chi connectivity index (χ3v) is 2.28. The molecule has 0 unspecified atom stereocenters. The molecule has 0 aliphatic rings. The van der Waals surface area contributed by atoms with Crippen LogP contribution in [0.25, 0.3) is 0 Å². The third kappa shape index (κ3) is 3.78. The molecule has 0 radical (unpaired) electrons. The summed E-state index contributed by atoms with van der Waals surface area (Å²) in [5.41, 5.74) is 3.75. The van der Waals surface area contributed by atoms with Crippen molar-refractivity contribution in [2.45, 2.75) is 34.1 Å². The molecule has 84 valence electrons. The van der Waals surface area contributed by atoms with Crippen LogP contribution in [0.3, 0.4) is 0 Å². The third-order valence-electron chi connectivity index (χ3n) is 2.28. The molecular weight excluding hydrogens is 184 g/mol. The first-order valence-corrected chi connectivity index (χ1v) is 5.44. The molecule has 0 saturated heterocycles. The Bertz CT molecular complexity index is 313. The van der Waals surface area contributed by atoms with Gasteiger partial charge in [-0.25, -0.2) is 0 Å². The predicted octanol–water partition coefficient (Wildman–Crippen LogP) is 4.07. The average Bonchev–Trinajstić information content (AvgIpc) is 2.26. The van der Waals surface area contributed by atoms with E-state index >= 15 is 0 Å². The molecule has 0 heterocycles. The van der Waals surface area contributed by atoms with Crippen LogP contribution in [-0.4, -0.2) is 7.11 Å². The van der Waals surface area contributed by atoms with E-state index in [2.05, 4.69) is 32.6 Å². The number of rotatable bonds is 3. The Labute approximate surface area is 93.8 Å². The number of ether oxygens (including phenoxy) is 1. The Balaban J connectivity index is 0.000000921. The van der Waals surface area contributed by atoms with Gasteiger partial charge in [0, 0.05) is 0 Å². The van der Waals surface area contributed by atoms with E-state index in [1.54, 1.807) is 7.11 Å². The van der Waals surface area contributed by atoms with Gasteiger partial charge >= 0.3 is 0 Å². The second-order valence-corrected chi connectivity index (χ2v) is 3.23. The van der Waals surface area contributed by atoms with Gasteiger partial charge in [0.1, 0.15) is 5.75 Å². The van der Waals surface area contributed by atoms with Crippen LogP contribution in [0.2, 0.25) is 0 Å². The summed E-state index contributed by atoms with van der Waals surface area (Å²) in [6.45, 7) is 11.9. The number of hydrogen-bond donors (Lipinski definition) is 0. The molecule has 0 amide bonds. The summed E-state index contributed by atoms with van der Waals surface area (Å²) < 4.78 is 5.28. The van der Waals surface area contributed by atoms with Crippen LogP contribution in [0.4, 0.5) is 0 Å². The van der Waals surface area contributed by atoms with Gasteiger partial charge in [-0.1, -0.05) is 26.0 Å². The van der Waals surface area contributed by atoms with Crippen molar-refractivity contribution in [2.75, 3.05) is 7.11 Å². The van der Waals surface area contributed by atoms with Gasteiger partial charge in [-0.2, -0.15) is 0 Å². The Morgan fingerprint density at radius 2 is 1.87 bits per heavy atom. The van der Waals surface area contributed by atoms with E-state index in [0.29, 0.717) is 0 Å². The van der Waals surface area contributed by atoms with Gasteiger partial charge < -0.3 is 4.74 Å². The van der Waals surface area contributed by atoms with E-state index in [4.69, 9.17) is 4.74 Å². The van der Waals surface area contributed by atoms with Gasteiger partial charge in [-0.3, -0.25) is 0 Å². The maximum absolute atomic E-state index is 5.28. The molecule has 0 spiro atoms. The van der Waals surface area contributed by atoms with Crippen LogP contribution in [0.1, 0.15) is 30.5 Å². The van der Waals surface area contributed by atoms with Crippen LogP contribution in [-0.2, 0) is 6.42 Å². The number of aryl methyl sites for hydroxylation is 1. The minimum Gasteiger partial charge on any atom is -0.496 e. The van der Waals surface area contributed by atoms with Crippen molar-refractivity contribution in [3.8, 4) is 5.75 Å². The topological polar surface area (TPSA) is 9.23 Å². The maximum atomic E-state index is 5.28. The van der Waals surface area contributed by atoms with Gasteiger partial charge in [0.2, 0.25) is 0 Å². The van der Waals surface area contributed by atoms with Crippen LogP contribution in [0, 0.1) is 13.8 Å². The predicted molar refractivity (Wildman–Crippen MR) is 67.7 cm³/mol. The lowest BCUT2D eigenvalue weighted by molar-refractivity contribution is 0.411. The molecule has 0 bridgehead atoms. The molecule has 0 aliphatic heterocycles. The Morgan fingerprint density at radius 3 is 2.33 bits per heavy atom. The van der Waals surface area contributed by atoms with Crippen LogP contribution >= 0.6 is 0 Å². The van der Waals surface area contributed by atoms with E-state index in [9.17, 15) is 0 Å². The van der Waals surface area contributed by atoms with Crippen molar-refractivity contribution >= 4 is 0 Å². The molecule has 0 aliphatic carbocycles. The lowest BCUT2D eigenvalue weighted by Crippen LogP contribution is -1.93. The average molecular weight is 206 g/mol. The Morgan fingerprint density at radius 1 is 1.27 bits per heavy atom. The zero-order chi connectivity index (χ0) is 11.8. The highest BCUT2D eigenvalue weighted by Gasteiger charge is 2.03. The fourth-order valence-electron chi connectivity index (χ4n) is 1.40. The summed E-state index contributed by atoms with van der Waals surface area (Å²) in [5.74, 6) is 0.969. The normalized spacial score (nSPS) is 8.87. The first-order chi connectivity index (χ1) is 7.19. The largest absolute Gasteiger partial charge is 0.496 e. The molecule has 0 N–H and O–H groups in total. The van der Waals surface area contributed by atoms with E-state index in [1.165, 1.54) is 16.7 Å². The van der Waals surface area contributed by atoms with Crippen molar-refractivity contribution < 1.29 is 4.74 Å². The Kier molecular flexibility index (Phi) is 6.52. The molecule has 0 saturated carbocycles. The zero-order valence-electron chi connectivity index (χ0n) is 10.6. The molecule has 0 aromatic heterocycles. The molecule has 0 fully saturated rings. The zero-order valence-corrected chi connectivity index (χ0v) is 10.6. The highest BCUT2D eigenvalue weighted by Crippen LogP contribution is 2.23. The molecule has 1 rings (SSSR count). The van der Waals surface area contributed by atoms with Gasteiger partial charge in [-0.15, -0.1) is 6.58 Å². The van der Waals surface area contributed by atoms with Gasteiger partial charge in [0.25, 0.3) is 0 Å². The van der Waals surface area contributed by atoms with Gasteiger partial charge in [-0.05, 0) is 43.0 Å². The lowest BCUT2D eigenvalue weighted by Gasteiger charge is -2.09. The van der Waals surface area contributed by atoms with Crippen LogP contribution < -0.4 is 4.74 Å². The molecule has 1 nitrogen and oxygen atoms in total. The summed E-state index contributed by atoms with van der Waals surface area (Å²) >= 11 is 0. The van der Waals surface area contributed by atoms with Crippen LogP contribution in [0.5, 0.6) is 5.75 Å². The highest BCUT2D eigenvalue weighted by molar-refractivity contribution is 5.42. The number of benzene rings is 1. The minimum atomic E-state index is 0.900. The molecule has 1 aromatic carbocycles.